The van der Waals surface area contributed by atoms with E-state index in [2.05, 4.69) is 61.2 Å². The Morgan fingerprint density at radius 3 is 2.63 bits per heavy atom. The summed E-state index contributed by atoms with van der Waals surface area (Å²) >= 11 is 1.83. The monoisotopic (exact) mass is 442 g/mol. The van der Waals surface area contributed by atoms with Crippen LogP contribution in [0.15, 0.2) is 35.0 Å². The third-order valence-electron chi connectivity index (χ3n) is 6.47. The Morgan fingerprint density at radius 1 is 1.20 bits per heavy atom. The van der Waals surface area contributed by atoms with Gasteiger partial charge < -0.3 is 0 Å². The van der Waals surface area contributed by atoms with Crippen molar-refractivity contribution in [2.75, 3.05) is 5.75 Å². The molecule has 2 aliphatic carbocycles. The fraction of sp³-hybridized carbons (Fsp3) is 0.615. The van der Waals surface area contributed by atoms with E-state index in [1.54, 1.807) is 0 Å². The summed E-state index contributed by atoms with van der Waals surface area (Å²) in [4.78, 5) is 10.3. The number of unbranched alkanes of at least 4 members (excludes halogenated alkanes) is 1. The molecule has 1 fully saturated rings. The first-order chi connectivity index (χ1) is 14.5. The first kappa shape index (κ1) is 23.7. The smallest absolute Gasteiger partial charge is 0.188 e. The van der Waals surface area contributed by atoms with Crippen molar-refractivity contribution in [1.29, 1.82) is 0 Å². The van der Waals surface area contributed by atoms with Crippen molar-refractivity contribution in [3.05, 3.63) is 46.8 Å². The summed E-state index contributed by atoms with van der Waals surface area (Å²) in [6.45, 7) is 8.82. The number of allylic oxidation sites excluding steroid dienone is 6. The molecule has 0 bridgehead atoms. The molecule has 0 aromatic carbocycles. The molecule has 1 saturated carbocycles. The van der Waals surface area contributed by atoms with Gasteiger partial charge in [0.25, 0.3) is 0 Å². The zero-order chi connectivity index (χ0) is 21.6. The fourth-order valence-electron chi connectivity index (χ4n) is 4.89. The van der Waals surface area contributed by atoms with Crippen molar-refractivity contribution in [3.8, 4) is 0 Å². The van der Waals surface area contributed by atoms with E-state index in [0.29, 0.717) is 0 Å². The normalized spacial score (nSPS) is 25.0. The molecular formula is C26H39N2PS. The minimum absolute atomic E-state index is 0.0209. The number of fused-ring (bicyclic) bond motifs is 1. The molecule has 3 rings (SSSR count). The van der Waals surface area contributed by atoms with Gasteiger partial charge in [0, 0.05) is 22.2 Å². The van der Waals surface area contributed by atoms with Gasteiger partial charge in [-0.15, -0.1) is 9.24 Å². The second-order valence-corrected chi connectivity index (χ2v) is 11.4. The lowest BCUT2D eigenvalue weighted by molar-refractivity contribution is 0.494. The molecule has 164 valence electrons. The maximum Gasteiger partial charge on any atom is 0.188 e. The number of rotatable bonds is 8. The van der Waals surface area contributed by atoms with E-state index >= 15 is 0 Å². The topological polar surface area (TPSA) is 25.8 Å². The number of nitrogens with zero attached hydrogens (tertiary/aromatic N) is 2. The van der Waals surface area contributed by atoms with E-state index < -0.39 is 0 Å². The SMILES string of the molecule is C\C=C/C=C1/CC(C)(P)c2c(CCC3CCCC3)nc(SCCCC)nc2/C1=C/C. The second kappa shape index (κ2) is 11.1. The maximum absolute atomic E-state index is 5.15. The lowest BCUT2D eigenvalue weighted by atomic mass is 9.77. The average molecular weight is 443 g/mol. The van der Waals surface area contributed by atoms with E-state index in [9.17, 15) is 0 Å². The Kier molecular flexibility index (Phi) is 8.78. The Hall–Kier alpha value is -0.920. The number of hydrogen-bond donors (Lipinski definition) is 0. The van der Waals surface area contributed by atoms with Crippen molar-refractivity contribution in [1.82, 2.24) is 9.97 Å². The Labute approximate surface area is 190 Å². The molecule has 2 unspecified atom stereocenters. The van der Waals surface area contributed by atoms with Gasteiger partial charge in [-0.25, -0.2) is 9.97 Å². The molecule has 2 aliphatic rings. The standard InChI is InChI=1S/C26H39N2PS/c1-5-8-14-20-18-26(4,29)23-22(16-15-19-12-10-11-13-19)27-25(30-17-9-6-2)28-24(23)21(20)7-3/h5,7-8,14,19H,6,9-13,15-18,29H2,1-4H3/b8-5-,20-14-,21-7+. The van der Waals surface area contributed by atoms with Crippen LogP contribution in [-0.2, 0) is 11.6 Å². The molecule has 1 aromatic rings. The highest BCUT2D eigenvalue weighted by atomic mass is 32.2. The summed E-state index contributed by atoms with van der Waals surface area (Å²) in [5.74, 6) is 1.99. The first-order valence-electron chi connectivity index (χ1n) is 11.8. The molecule has 2 nitrogen and oxygen atoms in total. The molecule has 0 aliphatic heterocycles. The van der Waals surface area contributed by atoms with Crippen molar-refractivity contribution < 1.29 is 0 Å². The third kappa shape index (κ3) is 5.65. The molecule has 0 amide bonds. The fourth-order valence-corrected chi connectivity index (χ4v) is 6.36. The van der Waals surface area contributed by atoms with E-state index in [-0.39, 0.29) is 5.16 Å². The molecule has 1 heterocycles. The molecule has 0 spiro atoms. The average Bonchev–Trinajstić information content (AvgIpc) is 3.24. The summed E-state index contributed by atoms with van der Waals surface area (Å²) in [6.07, 6.45) is 20.2. The lowest BCUT2D eigenvalue weighted by Crippen LogP contribution is -2.26. The van der Waals surface area contributed by atoms with Crippen LogP contribution in [0, 0.1) is 5.92 Å². The van der Waals surface area contributed by atoms with Crippen molar-refractivity contribution in [2.45, 2.75) is 95.8 Å². The van der Waals surface area contributed by atoms with E-state index in [1.165, 1.54) is 73.0 Å². The Balaban J connectivity index is 2.04. The molecule has 0 radical (unpaired) electrons. The van der Waals surface area contributed by atoms with Gasteiger partial charge in [0.2, 0.25) is 0 Å². The van der Waals surface area contributed by atoms with Crippen LogP contribution in [0.1, 0.15) is 96.0 Å². The number of hydrogen-bond acceptors (Lipinski definition) is 3. The lowest BCUT2D eigenvalue weighted by Gasteiger charge is -2.36. The van der Waals surface area contributed by atoms with Crippen LogP contribution in [0.3, 0.4) is 0 Å². The van der Waals surface area contributed by atoms with Gasteiger partial charge >= 0.3 is 0 Å². The summed E-state index contributed by atoms with van der Waals surface area (Å²) < 4.78 is 0. The van der Waals surface area contributed by atoms with Crippen LogP contribution in [0.5, 0.6) is 0 Å². The van der Waals surface area contributed by atoms with Gasteiger partial charge in [-0.3, -0.25) is 0 Å². The Bertz CT molecular complexity index is 817. The summed E-state index contributed by atoms with van der Waals surface area (Å²) in [6, 6.07) is 0. The van der Waals surface area contributed by atoms with Crippen molar-refractivity contribution >= 4 is 26.6 Å². The summed E-state index contributed by atoms with van der Waals surface area (Å²) in [7, 11) is 3.14. The predicted molar refractivity (Wildman–Crippen MR) is 136 cm³/mol. The molecule has 4 heteroatoms. The van der Waals surface area contributed by atoms with Gasteiger partial charge in [-0.1, -0.05) is 82.0 Å². The molecule has 30 heavy (non-hydrogen) atoms. The highest BCUT2D eigenvalue weighted by molar-refractivity contribution is 7.99. The minimum Gasteiger partial charge on any atom is -0.227 e. The van der Waals surface area contributed by atoms with Crippen LogP contribution in [0.25, 0.3) is 5.57 Å². The third-order valence-corrected chi connectivity index (χ3v) is 7.89. The number of aryl methyl sites for hydroxylation is 1. The van der Waals surface area contributed by atoms with Crippen LogP contribution in [0.2, 0.25) is 0 Å². The molecular weight excluding hydrogens is 403 g/mol. The number of thioether (sulfide) groups is 1. The first-order valence-corrected chi connectivity index (χ1v) is 13.4. The van der Waals surface area contributed by atoms with Crippen molar-refractivity contribution in [2.24, 2.45) is 5.92 Å². The largest absolute Gasteiger partial charge is 0.227 e. The quantitative estimate of drug-likeness (QED) is 0.177. The zero-order valence-electron chi connectivity index (χ0n) is 19.3. The van der Waals surface area contributed by atoms with Gasteiger partial charge in [-0.05, 0) is 56.6 Å². The number of aromatic nitrogens is 2. The van der Waals surface area contributed by atoms with Gasteiger partial charge in [0.1, 0.15) is 0 Å². The highest BCUT2D eigenvalue weighted by Gasteiger charge is 2.37. The van der Waals surface area contributed by atoms with Crippen LogP contribution >= 0.6 is 21.0 Å². The minimum atomic E-state index is -0.0209. The van der Waals surface area contributed by atoms with Crippen molar-refractivity contribution in [3.63, 3.8) is 0 Å². The van der Waals surface area contributed by atoms with Gasteiger partial charge in [0.15, 0.2) is 5.16 Å². The molecule has 0 N–H and O–H groups in total. The van der Waals surface area contributed by atoms with Crippen LogP contribution in [-0.4, -0.2) is 15.7 Å². The second-order valence-electron chi connectivity index (χ2n) is 9.08. The molecule has 0 saturated heterocycles. The van der Waals surface area contributed by atoms with E-state index in [1.807, 2.05) is 11.8 Å². The summed E-state index contributed by atoms with van der Waals surface area (Å²) in [5.41, 5.74) is 6.52. The zero-order valence-corrected chi connectivity index (χ0v) is 21.3. The van der Waals surface area contributed by atoms with E-state index in [0.717, 1.165) is 29.7 Å². The predicted octanol–water partition coefficient (Wildman–Crippen LogP) is 7.89. The Morgan fingerprint density at radius 2 is 1.97 bits per heavy atom. The summed E-state index contributed by atoms with van der Waals surface area (Å²) in [5, 5.41) is 0.948. The van der Waals surface area contributed by atoms with Crippen LogP contribution < -0.4 is 0 Å². The van der Waals surface area contributed by atoms with Gasteiger partial charge in [0.05, 0.1) is 5.69 Å². The maximum atomic E-state index is 5.15. The van der Waals surface area contributed by atoms with E-state index in [4.69, 9.17) is 9.97 Å². The molecule has 2 atom stereocenters. The van der Waals surface area contributed by atoms with Gasteiger partial charge in [-0.2, -0.15) is 0 Å². The molecule has 1 aromatic heterocycles. The highest BCUT2D eigenvalue weighted by Crippen LogP contribution is 2.50. The van der Waals surface area contributed by atoms with Crippen LogP contribution in [0.4, 0.5) is 0 Å².